The summed E-state index contributed by atoms with van der Waals surface area (Å²) in [7, 11) is 0. The number of likely N-dealkylation sites (tertiary alicyclic amines) is 1. The van der Waals surface area contributed by atoms with Crippen molar-refractivity contribution in [2.45, 2.75) is 37.6 Å². The number of aryl methyl sites for hydroxylation is 1. The van der Waals surface area contributed by atoms with Gasteiger partial charge in [-0.2, -0.15) is 0 Å². The number of nitrogens with zero attached hydrogens (tertiary/aromatic N) is 1. The van der Waals surface area contributed by atoms with E-state index in [1.807, 2.05) is 12.1 Å². The number of carbonyl (C=O) groups is 1. The lowest BCUT2D eigenvalue weighted by atomic mass is 9.77. The maximum atomic E-state index is 11.8. The Morgan fingerprint density at radius 1 is 1.17 bits per heavy atom. The summed E-state index contributed by atoms with van der Waals surface area (Å²) in [4.78, 5) is 14.0. The minimum absolute atomic E-state index is 0.640. The summed E-state index contributed by atoms with van der Waals surface area (Å²) in [6.07, 6.45) is 4.57. The first-order valence-electron chi connectivity index (χ1n) is 6.78. The first kappa shape index (κ1) is 11.7. The summed E-state index contributed by atoms with van der Waals surface area (Å²) in [5.74, 6) is -0.640. The first-order valence-corrected chi connectivity index (χ1v) is 6.78. The maximum absolute atomic E-state index is 11.8. The van der Waals surface area contributed by atoms with Crippen LogP contribution in [0.2, 0.25) is 0 Å². The van der Waals surface area contributed by atoms with Crippen molar-refractivity contribution in [3.05, 3.63) is 35.4 Å². The molecule has 1 atom stereocenters. The van der Waals surface area contributed by atoms with E-state index < -0.39 is 11.5 Å². The molecule has 1 fully saturated rings. The van der Waals surface area contributed by atoms with E-state index in [9.17, 15) is 9.90 Å². The molecule has 3 rings (SSSR count). The number of hydrogen-bond acceptors (Lipinski definition) is 2. The van der Waals surface area contributed by atoms with Gasteiger partial charge in [-0.15, -0.1) is 0 Å². The van der Waals surface area contributed by atoms with E-state index in [1.165, 1.54) is 11.1 Å². The quantitative estimate of drug-likeness (QED) is 0.867. The van der Waals surface area contributed by atoms with Gasteiger partial charge in [0.25, 0.3) is 0 Å². The van der Waals surface area contributed by atoms with Crippen LogP contribution < -0.4 is 0 Å². The monoisotopic (exact) mass is 245 g/mol. The lowest BCUT2D eigenvalue weighted by Crippen LogP contribution is -2.56. The van der Waals surface area contributed by atoms with Crippen LogP contribution in [0.5, 0.6) is 0 Å². The van der Waals surface area contributed by atoms with Gasteiger partial charge in [0, 0.05) is 6.42 Å². The van der Waals surface area contributed by atoms with Crippen molar-refractivity contribution in [2.24, 2.45) is 0 Å². The van der Waals surface area contributed by atoms with Crippen LogP contribution in [-0.4, -0.2) is 34.6 Å². The summed E-state index contributed by atoms with van der Waals surface area (Å²) in [5, 5.41) is 9.73. The molecule has 1 aromatic carbocycles. The van der Waals surface area contributed by atoms with Crippen molar-refractivity contribution in [1.82, 2.24) is 4.90 Å². The zero-order valence-electron chi connectivity index (χ0n) is 10.6. The molecule has 0 spiro atoms. The highest BCUT2D eigenvalue weighted by atomic mass is 16.4. The molecule has 18 heavy (non-hydrogen) atoms. The SMILES string of the molecule is O=C(O)C1(N2CCCC2)CCc2ccccc2C1. The molecule has 1 unspecified atom stereocenters. The van der Waals surface area contributed by atoms with Gasteiger partial charge in [0.15, 0.2) is 0 Å². The van der Waals surface area contributed by atoms with E-state index in [-0.39, 0.29) is 0 Å². The topological polar surface area (TPSA) is 40.5 Å². The Morgan fingerprint density at radius 2 is 1.83 bits per heavy atom. The number of aliphatic carboxylic acids is 1. The predicted molar refractivity (Wildman–Crippen MR) is 69.6 cm³/mol. The van der Waals surface area contributed by atoms with Gasteiger partial charge in [-0.05, 0) is 49.9 Å². The van der Waals surface area contributed by atoms with Crippen molar-refractivity contribution in [3.8, 4) is 0 Å². The molecule has 0 radical (unpaired) electrons. The molecule has 96 valence electrons. The van der Waals surface area contributed by atoms with Crippen molar-refractivity contribution in [1.29, 1.82) is 0 Å². The number of hydrogen-bond donors (Lipinski definition) is 1. The van der Waals surface area contributed by atoms with E-state index in [4.69, 9.17) is 0 Å². The third-order valence-corrected chi connectivity index (χ3v) is 4.52. The fraction of sp³-hybridized carbons (Fsp3) is 0.533. The second-order valence-corrected chi connectivity index (χ2v) is 5.48. The molecule has 1 heterocycles. The van der Waals surface area contributed by atoms with E-state index in [0.717, 1.165) is 38.8 Å². The van der Waals surface area contributed by atoms with Crippen molar-refractivity contribution >= 4 is 5.97 Å². The molecule has 0 amide bonds. The maximum Gasteiger partial charge on any atom is 0.324 e. The predicted octanol–water partition coefficient (Wildman–Crippen LogP) is 2.09. The van der Waals surface area contributed by atoms with E-state index in [1.54, 1.807) is 0 Å². The van der Waals surface area contributed by atoms with Gasteiger partial charge < -0.3 is 5.11 Å². The fourth-order valence-corrected chi connectivity index (χ4v) is 3.45. The molecular weight excluding hydrogens is 226 g/mol. The summed E-state index contributed by atoms with van der Waals surface area (Å²) < 4.78 is 0. The molecule has 1 aliphatic heterocycles. The Hall–Kier alpha value is -1.35. The number of fused-ring (bicyclic) bond motifs is 1. The lowest BCUT2D eigenvalue weighted by Gasteiger charge is -2.41. The van der Waals surface area contributed by atoms with Gasteiger partial charge in [-0.1, -0.05) is 24.3 Å². The summed E-state index contributed by atoms with van der Waals surface area (Å²) >= 11 is 0. The van der Waals surface area contributed by atoms with E-state index >= 15 is 0 Å². The Morgan fingerprint density at radius 3 is 2.50 bits per heavy atom. The van der Waals surface area contributed by atoms with Crippen molar-refractivity contribution < 1.29 is 9.90 Å². The highest BCUT2D eigenvalue weighted by Crippen LogP contribution is 2.35. The van der Waals surface area contributed by atoms with Gasteiger partial charge in [0.2, 0.25) is 0 Å². The minimum atomic E-state index is -0.648. The summed E-state index contributed by atoms with van der Waals surface area (Å²) in [5.41, 5.74) is 1.90. The lowest BCUT2D eigenvalue weighted by molar-refractivity contribution is -0.152. The van der Waals surface area contributed by atoms with Gasteiger partial charge in [0.05, 0.1) is 0 Å². The Bertz CT molecular complexity index is 465. The largest absolute Gasteiger partial charge is 0.480 e. The molecule has 1 N–H and O–H groups in total. The second-order valence-electron chi connectivity index (χ2n) is 5.48. The van der Waals surface area contributed by atoms with Crippen LogP contribution in [-0.2, 0) is 17.6 Å². The van der Waals surface area contributed by atoms with Gasteiger partial charge in [-0.3, -0.25) is 9.69 Å². The van der Waals surface area contributed by atoms with Crippen LogP contribution in [0.25, 0.3) is 0 Å². The summed E-state index contributed by atoms with van der Waals surface area (Å²) in [6.45, 7) is 1.88. The Labute approximate surface area is 107 Å². The molecule has 1 aromatic rings. The highest BCUT2D eigenvalue weighted by molar-refractivity contribution is 5.80. The number of carboxylic acids is 1. The van der Waals surface area contributed by atoms with Crippen molar-refractivity contribution in [3.63, 3.8) is 0 Å². The van der Waals surface area contributed by atoms with Crippen LogP contribution in [0.15, 0.2) is 24.3 Å². The molecule has 1 aliphatic carbocycles. The van der Waals surface area contributed by atoms with Gasteiger partial charge in [0.1, 0.15) is 5.54 Å². The molecule has 1 saturated heterocycles. The fourth-order valence-electron chi connectivity index (χ4n) is 3.45. The number of rotatable bonds is 2. The standard InChI is InChI=1S/C15H19NO2/c17-14(18)15(16-9-3-4-10-16)8-7-12-5-1-2-6-13(12)11-15/h1-2,5-6H,3-4,7-11H2,(H,17,18). The first-order chi connectivity index (χ1) is 8.72. The van der Waals surface area contributed by atoms with Crippen LogP contribution in [0.4, 0.5) is 0 Å². The normalized spacial score (nSPS) is 28.0. The van der Waals surface area contributed by atoms with Crippen molar-refractivity contribution in [2.75, 3.05) is 13.1 Å². The van der Waals surface area contributed by atoms with Gasteiger partial charge in [-0.25, -0.2) is 0 Å². The van der Waals surface area contributed by atoms with E-state index in [2.05, 4.69) is 17.0 Å². The van der Waals surface area contributed by atoms with Crippen LogP contribution in [0.1, 0.15) is 30.4 Å². The molecule has 0 aromatic heterocycles. The minimum Gasteiger partial charge on any atom is -0.480 e. The third-order valence-electron chi connectivity index (χ3n) is 4.52. The number of carboxylic acid groups (broad SMARTS) is 1. The van der Waals surface area contributed by atoms with Gasteiger partial charge >= 0.3 is 5.97 Å². The Balaban J connectivity index is 1.96. The second kappa shape index (κ2) is 4.39. The van der Waals surface area contributed by atoms with Crippen LogP contribution in [0, 0.1) is 0 Å². The Kier molecular flexibility index (Phi) is 2.86. The summed E-state index contributed by atoms with van der Waals surface area (Å²) in [6, 6.07) is 8.27. The molecule has 0 bridgehead atoms. The average molecular weight is 245 g/mol. The highest BCUT2D eigenvalue weighted by Gasteiger charge is 2.46. The van der Waals surface area contributed by atoms with Crippen LogP contribution >= 0.6 is 0 Å². The molecular formula is C15H19NO2. The molecule has 3 heteroatoms. The zero-order chi connectivity index (χ0) is 12.6. The smallest absolute Gasteiger partial charge is 0.324 e. The molecule has 3 nitrogen and oxygen atoms in total. The third kappa shape index (κ3) is 1.74. The van der Waals surface area contributed by atoms with Crippen LogP contribution in [0.3, 0.4) is 0 Å². The van der Waals surface area contributed by atoms with E-state index in [0.29, 0.717) is 6.42 Å². The molecule has 0 saturated carbocycles. The molecule has 2 aliphatic rings. The number of benzene rings is 1. The zero-order valence-corrected chi connectivity index (χ0v) is 10.6. The average Bonchev–Trinajstić information content (AvgIpc) is 2.92.